The lowest BCUT2D eigenvalue weighted by Crippen LogP contribution is -2.51. The normalized spacial score (nSPS) is 25.5. The minimum absolute atomic E-state index is 0.0138. The fourth-order valence-corrected chi connectivity index (χ4v) is 2.65. The standard InChI is InChI=1S/C13H25N3O/c1-11(2)16-6-5-14-12(16)9-15-7-8-17-13(3,4)10-15/h11H,5-10H2,1-4H3. The van der Waals surface area contributed by atoms with Crippen molar-refractivity contribution in [2.45, 2.75) is 39.3 Å². The summed E-state index contributed by atoms with van der Waals surface area (Å²) in [7, 11) is 0. The van der Waals surface area contributed by atoms with Crippen LogP contribution in [0.5, 0.6) is 0 Å². The van der Waals surface area contributed by atoms with Crippen LogP contribution in [-0.4, -0.2) is 66.6 Å². The molecule has 0 aliphatic carbocycles. The van der Waals surface area contributed by atoms with Crippen LogP contribution >= 0.6 is 0 Å². The maximum Gasteiger partial charge on any atom is 0.113 e. The van der Waals surface area contributed by atoms with Crippen LogP contribution in [0.2, 0.25) is 0 Å². The molecule has 0 atom stereocenters. The fourth-order valence-electron chi connectivity index (χ4n) is 2.65. The summed E-state index contributed by atoms with van der Waals surface area (Å²) in [6.07, 6.45) is 0. The second-order valence-corrected chi connectivity index (χ2v) is 5.90. The maximum atomic E-state index is 5.74. The van der Waals surface area contributed by atoms with E-state index in [0.29, 0.717) is 6.04 Å². The number of hydrogen-bond acceptors (Lipinski definition) is 4. The van der Waals surface area contributed by atoms with Crippen LogP contribution in [0.15, 0.2) is 4.99 Å². The summed E-state index contributed by atoms with van der Waals surface area (Å²) in [5.74, 6) is 1.26. The lowest BCUT2D eigenvalue weighted by molar-refractivity contribution is -0.0823. The van der Waals surface area contributed by atoms with Crippen molar-refractivity contribution in [2.75, 3.05) is 39.3 Å². The van der Waals surface area contributed by atoms with Crippen LogP contribution in [0.3, 0.4) is 0 Å². The first-order chi connectivity index (χ1) is 7.98. The number of aliphatic imine (C=N–C) groups is 1. The van der Waals surface area contributed by atoms with Gasteiger partial charge in [0, 0.05) is 25.7 Å². The van der Waals surface area contributed by atoms with E-state index in [0.717, 1.165) is 39.3 Å². The zero-order valence-electron chi connectivity index (χ0n) is 11.6. The molecule has 2 aliphatic rings. The van der Waals surface area contributed by atoms with Crippen LogP contribution in [0, 0.1) is 0 Å². The third-order valence-electron chi connectivity index (χ3n) is 3.46. The number of rotatable bonds is 3. The summed E-state index contributed by atoms with van der Waals surface area (Å²) >= 11 is 0. The molecule has 0 spiro atoms. The van der Waals surface area contributed by atoms with Crippen molar-refractivity contribution < 1.29 is 4.74 Å². The smallest absolute Gasteiger partial charge is 0.113 e. The van der Waals surface area contributed by atoms with Crippen LogP contribution in [0.25, 0.3) is 0 Å². The molecule has 1 saturated heterocycles. The molecule has 0 saturated carbocycles. The molecule has 0 radical (unpaired) electrons. The highest BCUT2D eigenvalue weighted by molar-refractivity contribution is 5.85. The molecule has 2 heterocycles. The summed E-state index contributed by atoms with van der Waals surface area (Å²) in [5, 5.41) is 0. The van der Waals surface area contributed by atoms with Gasteiger partial charge in [0.15, 0.2) is 0 Å². The maximum absolute atomic E-state index is 5.74. The van der Waals surface area contributed by atoms with Gasteiger partial charge in [-0.25, -0.2) is 0 Å². The van der Waals surface area contributed by atoms with E-state index >= 15 is 0 Å². The summed E-state index contributed by atoms with van der Waals surface area (Å²) in [6, 6.07) is 0.560. The van der Waals surface area contributed by atoms with Crippen molar-refractivity contribution in [3.8, 4) is 0 Å². The van der Waals surface area contributed by atoms with Gasteiger partial charge < -0.3 is 9.64 Å². The van der Waals surface area contributed by atoms with E-state index < -0.39 is 0 Å². The van der Waals surface area contributed by atoms with E-state index in [-0.39, 0.29) is 5.60 Å². The van der Waals surface area contributed by atoms with Gasteiger partial charge in [-0.3, -0.25) is 9.89 Å². The highest BCUT2D eigenvalue weighted by Crippen LogP contribution is 2.17. The number of nitrogens with zero attached hydrogens (tertiary/aromatic N) is 3. The molecule has 0 aromatic heterocycles. The Morgan fingerprint density at radius 2 is 2.12 bits per heavy atom. The summed E-state index contributed by atoms with van der Waals surface area (Å²) in [4.78, 5) is 9.52. The molecule has 0 aromatic carbocycles. The Bertz CT molecular complexity index is 299. The molecule has 1 fully saturated rings. The zero-order chi connectivity index (χ0) is 12.5. The van der Waals surface area contributed by atoms with Gasteiger partial charge in [0.05, 0.1) is 25.3 Å². The lowest BCUT2D eigenvalue weighted by atomic mass is 10.1. The van der Waals surface area contributed by atoms with E-state index in [1.165, 1.54) is 5.84 Å². The van der Waals surface area contributed by atoms with Gasteiger partial charge in [0.25, 0.3) is 0 Å². The van der Waals surface area contributed by atoms with E-state index in [2.05, 4.69) is 42.5 Å². The van der Waals surface area contributed by atoms with Crippen LogP contribution in [0.4, 0.5) is 0 Å². The predicted molar refractivity (Wildman–Crippen MR) is 70.6 cm³/mol. The molecule has 0 bridgehead atoms. The molecule has 0 aromatic rings. The van der Waals surface area contributed by atoms with Crippen LogP contribution < -0.4 is 0 Å². The zero-order valence-corrected chi connectivity index (χ0v) is 11.6. The van der Waals surface area contributed by atoms with Crippen molar-refractivity contribution in [3.63, 3.8) is 0 Å². The molecule has 4 heteroatoms. The van der Waals surface area contributed by atoms with Crippen molar-refractivity contribution in [1.29, 1.82) is 0 Å². The molecule has 17 heavy (non-hydrogen) atoms. The number of morpholine rings is 1. The summed E-state index contributed by atoms with van der Waals surface area (Å²) in [5.41, 5.74) is -0.0138. The van der Waals surface area contributed by atoms with Gasteiger partial charge in [-0.2, -0.15) is 0 Å². The first kappa shape index (κ1) is 12.8. The highest BCUT2D eigenvalue weighted by Gasteiger charge is 2.29. The van der Waals surface area contributed by atoms with Crippen LogP contribution in [-0.2, 0) is 4.74 Å². The van der Waals surface area contributed by atoms with Gasteiger partial charge in [-0.15, -0.1) is 0 Å². The Kier molecular flexibility index (Phi) is 3.73. The molecule has 0 amide bonds. The average molecular weight is 239 g/mol. The van der Waals surface area contributed by atoms with E-state index in [9.17, 15) is 0 Å². The van der Waals surface area contributed by atoms with E-state index in [1.807, 2.05) is 0 Å². The number of hydrogen-bond donors (Lipinski definition) is 0. The Balaban J connectivity index is 1.92. The summed E-state index contributed by atoms with van der Waals surface area (Å²) < 4.78 is 5.74. The topological polar surface area (TPSA) is 28.1 Å². The predicted octanol–water partition coefficient (Wildman–Crippen LogP) is 1.22. The van der Waals surface area contributed by atoms with Gasteiger partial charge >= 0.3 is 0 Å². The number of ether oxygens (including phenoxy) is 1. The van der Waals surface area contributed by atoms with Gasteiger partial charge in [-0.1, -0.05) is 0 Å². The van der Waals surface area contributed by atoms with Crippen LogP contribution in [0.1, 0.15) is 27.7 Å². The van der Waals surface area contributed by atoms with Crippen molar-refractivity contribution in [3.05, 3.63) is 0 Å². The Hall–Kier alpha value is -0.610. The van der Waals surface area contributed by atoms with E-state index in [4.69, 9.17) is 4.74 Å². The minimum Gasteiger partial charge on any atom is -0.373 e. The first-order valence-corrected chi connectivity index (χ1v) is 6.64. The Morgan fingerprint density at radius 3 is 2.76 bits per heavy atom. The highest BCUT2D eigenvalue weighted by atomic mass is 16.5. The van der Waals surface area contributed by atoms with Gasteiger partial charge in [0.2, 0.25) is 0 Å². The third-order valence-corrected chi connectivity index (χ3v) is 3.46. The molecule has 2 aliphatic heterocycles. The minimum atomic E-state index is -0.0138. The molecule has 4 nitrogen and oxygen atoms in total. The Labute approximate surface area is 105 Å². The fraction of sp³-hybridized carbons (Fsp3) is 0.923. The van der Waals surface area contributed by atoms with Crippen molar-refractivity contribution >= 4 is 5.84 Å². The molecular formula is C13H25N3O. The van der Waals surface area contributed by atoms with Crippen molar-refractivity contribution in [2.24, 2.45) is 4.99 Å². The molecule has 2 rings (SSSR count). The molecule has 0 unspecified atom stereocenters. The van der Waals surface area contributed by atoms with Crippen molar-refractivity contribution in [1.82, 2.24) is 9.80 Å². The van der Waals surface area contributed by atoms with Gasteiger partial charge in [-0.05, 0) is 27.7 Å². The number of amidine groups is 1. The van der Waals surface area contributed by atoms with Gasteiger partial charge in [0.1, 0.15) is 5.84 Å². The third kappa shape index (κ3) is 3.19. The molecule has 0 N–H and O–H groups in total. The molecule has 98 valence electrons. The summed E-state index contributed by atoms with van der Waals surface area (Å²) in [6.45, 7) is 14.7. The largest absolute Gasteiger partial charge is 0.373 e. The second kappa shape index (κ2) is 4.94. The average Bonchev–Trinajstić information content (AvgIpc) is 2.64. The SMILES string of the molecule is CC(C)N1CCN=C1CN1CCOC(C)(C)C1. The lowest BCUT2D eigenvalue weighted by Gasteiger charge is -2.39. The molecular weight excluding hydrogens is 214 g/mol. The Morgan fingerprint density at radius 1 is 1.35 bits per heavy atom. The first-order valence-electron chi connectivity index (χ1n) is 6.64. The quantitative estimate of drug-likeness (QED) is 0.741. The monoisotopic (exact) mass is 239 g/mol. The van der Waals surface area contributed by atoms with E-state index in [1.54, 1.807) is 0 Å². The second-order valence-electron chi connectivity index (χ2n) is 5.90.